The van der Waals surface area contributed by atoms with Crippen molar-refractivity contribution < 1.29 is 13.2 Å². The van der Waals surface area contributed by atoms with Crippen molar-refractivity contribution in [1.29, 1.82) is 0 Å². The molecule has 0 saturated carbocycles. The molecular weight excluding hydrogens is 192 g/mol. The van der Waals surface area contributed by atoms with Crippen molar-refractivity contribution in [2.45, 2.75) is 18.9 Å². The Hall–Kier alpha value is -0.170. The molecule has 1 atom stereocenters. The standard InChI is InChI=1S/C7H18N2O3S/c1-12-6-7(9-8)4-3-5-13(2,10)11/h7,9H,3-6,8H2,1-2H3. The summed E-state index contributed by atoms with van der Waals surface area (Å²) in [5.74, 6) is 5.43. The fourth-order valence-corrected chi connectivity index (χ4v) is 1.70. The number of hydrazine groups is 1. The van der Waals surface area contributed by atoms with Crippen LogP contribution in [0.2, 0.25) is 0 Å². The Labute approximate surface area is 79.5 Å². The fourth-order valence-electron chi connectivity index (χ4n) is 1.01. The summed E-state index contributed by atoms with van der Waals surface area (Å²) in [7, 11) is -1.27. The number of sulfone groups is 1. The highest BCUT2D eigenvalue weighted by atomic mass is 32.2. The molecule has 0 amide bonds. The van der Waals surface area contributed by atoms with E-state index in [0.29, 0.717) is 19.4 Å². The summed E-state index contributed by atoms with van der Waals surface area (Å²) in [4.78, 5) is 0. The van der Waals surface area contributed by atoms with Gasteiger partial charge in [0, 0.05) is 25.2 Å². The lowest BCUT2D eigenvalue weighted by molar-refractivity contribution is 0.162. The topological polar surface area (TPSA) is 81.4 Å². The van der Waals surface area contributed by atoms with E-state index in [4.69, 9.17) is 10.6 Å². The zero-order valence-electron chi connectivity index (χ0n) is 8.12. The van der Waals surface area contributed by atoms with Crippen molar-refractivity contribution in [2.75, 3.05) is 25.7 Å². The largest absolute Gasteiger partial charge is 0.383 e. The molecule has 0 spiro atoms. The van der Waals surface area contributed by atoms with Crippen LogP contribution in [0.1, 0.15) is 12.8 Å². The molecule has 0 aliphatic rings. The first-order valence-corrected chi connectivity index (χ1v) is 6.18. The van der Waals surface area contributed by atoms with Crippen LogP contribution in [-0.2, 0) is 14.6 Å². The molecule has 0 aromatic heterocycles. The van der Waals surface area contributed by atoms with Gasteiger partial charge in [0.1, 0.15) is 9.84 Å². The number of hydrogen-bond acceptors (Lipinski definition) is 5. The normalized spacial score (nSPS) is 14.4. The lowest BCUT2D eigenvalue weighted by Gasteiger charge is -2.13. The summed E-state index contributed by atoms with van der Waals surface area (Å²) >= 11 is 0. The molecule has 0 radical (unpaired) electrons. The minimum absolute atomic E-state index is 0.0340. The third-order valence-electron chi connectivity index (χ3n) is 1.67. The molecule has 0 saturated heterocycles. The van der Waals surface area contributed by atoms with Gasteiger partial charge >= 0.3 is 0 Å². The van der Waals surface area contributed by atoms with Gasteiger partial charge in [-0.25, -0.2) is 8.42 Å². The average Bonchev–Trinajstić information content (AvgIpc) is 2.01. The van der Waals surface area contributed by atoms with Crippen LogP contribution >= 0.6 is 0 Å². The SMILES string of the molecule is COCC(CCCS(C)(=O)=O)NN. The van der Waals surface area contributed by atoms with Gasteiger partial charge in [-0.05, 0) is 12.8 Å². The molecule has 5 nitrogen and oxygen atoms in total. The van der Waals surface area contributed by atoms with Gasteiger partial charge in [-0.1, -0.05) is 0 Å². The van der Waals surface area contributed by atoms with Gasteiger partial charge in [-0.2, -0.15) is 0 Å². The number of methoxy groups -OCH3 is 1. The van der Waals surface area contributed by atoms with E-state index in [2.05, 4.69) is 5.43 Å². The number of nitrogens with one attached hydrogen (secondary N) is 1. The van der Waals surface area contributed by atoms with E-state index < -0.39 is 9.84 Å². The van der Waals surface area contributed by atoms with Crippen LogP contribution in [0.25, 0.3) is 0 Å². The first kappa shape index (κ1) is 12.8. The van der Waals surface area contributed by atoms with Crippen molar-refractivity contribution in [2.24, 2.45) is 5.84 Å². The molecule has 0 aliphatic heterocycles. The van der Waals surface area contributed by atoms with Crippen molar-refractivity contribution in [3.8, 4) is 0 Å². The second kappa shape index (κ2) is 6.31. The molecule has 0 fully saturated rings. The van der Waals surface area contributed by atoms with Crippen LogP contribution < -0.4 is 11.3 Å². The second-order valence-corrected chi connectivity index (χ2v) is 5.35. The molecule has 0 aromatic carbocycles. The number of ether oxygens (including phenoxy) is 1. The molecule has 0 rings (SSSR count). The number of nitrogens with two attached hydrogens (primary N) is 1. The zero-order valence-corrected chi connectivity index (χ0v) is 8.93. The van der Waals surface area contributed by atoms with Gasteiger partial charge in [-0.3, -0.25) is 11.3 Å². The van der Waals surface area contributed by atoms with Crippen LogP contribution in [0.4, 0.5) is 0 Å². The Balaban J connectivity index is 3.61. The minimum atomic E-state index is -2.85. The first-order valence-electron chi connectivity index (χ1n) is 4.12. The van der Waals surface area contributed by atoms with Gasteiger partial charge in [0.25, 0.3) is 0 Å². The highest BCUT2D eigenvalue weighted by Gasteiger charge is 2.08. The molecular formula is C7H18N2O3S. The lowest BCUT2D eigenvalue weighted by Crippen LogP contribution is -2.38. The minimum Gasteiger partial charge on any atom is -0.383 e. The summed E-state index contributed by atoms with van der Waals surface area (Å²) in [5.41, 5.74) is 2.57. The van der Waals surface area contributed by atoms with E-state index in [1.54, 1.807) is 7.11 Å². The maximum atomic E-state index is 10.8. The summed E-state index contributed by atoms with van der Waals surface area (Å²) in [5, 5.41) is 0. The third-order valence-corrected chi connectivity index (χ3v) is 2.70. The van der Waals surface area contributed by atoms with E-state index in [1.165, 1.54) is 6.26 Å². The predicted octanol–water partition coefficient (Wildman–Crippen LogP) is -0.710. The van der Waals surface area contributed by atoms with Crippen LogP contribution in [0.5, 0.6) is 0 Å². The Morgan fingerprint density at radius 1 is 1.54 bits per heavy atom. The third kappa shape index (κ3) is 8.17. The Morgan fingerprint density at radius 3 is 2.54 bits per heavy atom. The molecule has 80 valence electrons. The van der Waals surface area contributed by atoms with Crippen molar-refractivity contribution in [3.63, 3.8) is 0 Å². The zero-order chi connectivity index (χ0) is 10.3. The van der Waals surface area contributed by atoms with E-state index >= 15 is 0 Å². The van der Waals surface area contributed by atoms with E-state index in [-0.39, 0.29) is 11.8 Å². The van der Waals surface area contributed by atoms with E-state index in [0.717, 1.165) is 0 Å². The molecule has 0 heterocycles. The van der Waals surface area contributed by atoms with Crippen LogP contribution in [-0.4, -0.2) is 40.2 Å². The van der Waals surface area contributed by atoms with Gasteiger partial charge in [-0.15, -0.1) is 0 Å². The monoisotopic (exact) mass is 210 g/mol. The Kier molecular flexibility index (Phi) is 6.23. The smallest absolute Gasteiger partial charge is 0.147 e. The molecule has 0 bridgehead atoms. The summed E-state index contributed by atoms with van der Waals surface area (Å²) in [6.45, 7) is 0.500. The molecule has 1 unspecified atom stereocenters. The first-order chi connectivity index (χ1) is 5.99. The quantitative estimate of drug-likeness (QED) is 0.428. The number of hydrogen-bond donors (Lipinski definition) is 2. The molecule has 0 aromatic rings. The van der Waals surface area contributed by atoms with E-state index in [9.17, 15) is 8.42 Å². The second-order valence-electron chi connectivity index (χ2n) is 3.09. The highest BCUT2D eigenvalue weighted by Crippen LogP contribution is 1.99. The van der Waals surface area contributed by atoms with Gasteiger partial charge in [0.05, 0.1) is 6.61 Å². The fraction of sp³-hybridized carbons (Fsp3) is 1.00. The maximum absolute atomic E-state index is 10.8. The van der Waals surface area contributed by atoms with Gasteiger partial charge in [0.2, 0.25) is 0 Å². The van der Waals surface area contributed by atoms with Crippen molar-refractivity contribution in [3.05, 3.63) is 0 Å². The van der Waals surface area contributed by atoms with Crippen molar-refractivity contribution in [1.82, 2.24) is 5.43 Å². The predicted molar refractivity (Wildman–Crippen MR) is 51.9 cm³/mol. The van der Waals surface area contributed by atoms with E-state index in [1.807, 2.05) is 0 Å². The van der Waals surface area contributed by atoms with Gasteiger partial charge in [0.15, 0.2) is 0 Å². The number of rotatable bonds is 7. The van der Waals surface area contributed by atoms with Crippen LogP contribution in [0, 0.1) is 0 Å². The van der Waals surface area contributed by atoms with Crippen molar-refractivity contribution >= 4 is 9.84 Å². The Bertz CT molecular complexity index is 216. The molecule has 3 N–H and O–H groups in total. The summed E-state index contributed by atoms with van der Waals surface area (Å²) in [6.07, 6.45) is 2.54. The average molecular weight is 210 g/mol. The molecule has 6 heteroatoms. The Morgan fingerprint density at radius 2 is 2.15 bits per heavy atom. The van der Waals surface area contributed by atoms with Crippen LogP contribution in [0.15, 0.2) is 0 Å². The summed E-state index contributed by atoms with van der Waals surface area (Å²) < 4.78 is 26.4. The molecule has 13 heavy (non-hydrogen) atoms. The summed E-state index contributed by atoms with van der Waals surface area (Å²) in [6, 6.07) is 0.0340. The highest BCUT2D eigenvalue weighted by molar-refractivity contribution is 7.90. The van der Waals surface area contributed by atoms with Crippen LogP contribution in [0.3, 0.4) is 0 Å². The molecule has 0 aliphatic carbocycles. The lowest BCUT2D eigenvalue weighted by atomic mass is 10.2. The van der Waals surface area contributed by atoms with Gasteiger partial charge < -0.3 is 4.74 Å². The maximum Gasteiger partial charge on any atom is 0.147 e.